The first-order valence-electron chi connectivity index (χ1n) is 3.74. The molecule has 0 aliphatic heterocycles. The van der Waals surface area contributed by atoms with E-state index >= 15 is 0 Å². The van der Waals surface area contributed by atoms with Crippen molar-refractivity contribution >= 4 is 84.5 Å². The van der Waals surface area contributed by atoms with Gasteiger partial charge in [0.1, 0.15) is 4.90 Å². The van der Waals surface area contributed by atoms with Crippen molar-refractivity contribution in [2.45, 2.75) is 4.90 Å². The number of nitro benzene ring substituents is 2. The van der Waals surface area contributed by atoms with Gasteiger partial charge in [0.05, 0.1) is 9.85 Å². The molecule has 0 fully saturated rings. The second kappa shape index (κ2) is 6.34. The second-order valence-electron chi connectivity index (χ2n) is 2.76. The molecule has 0 radical (unpaired) electrons. The fourth-order valence-electron chi connectivity index (χ4n) is 0.984. The van der Waals surface area contributed by atoms with Crippen molar-refractivity contribution in [3.8, 4) is 0 Å². The first-order valence-corrected chi connectivity index (χ1v) is 5.56. The summed E-state index contributed by atoms with van der Waals surface area (Å²) in [6.45, 7) is 0. The molecule has 0 amide bonds. The predicted octanol–water partition coefficient (Wildman–Crippen LogP) is 0.755. The Labute approximate surface area is 148 Å². The van der Waals surface area contributed by atoms with Gasteiger partial charge in [-0.05, 0) is 0 Å². The molecule has 1 aromatic carbocycles. The van der Waals surface area contributed by atoms with Crippen LogP contribution >= 0.6 is 11.6 Å². The summed E-state index contributed by atoms with van der Waals surface area (Å²) >= 11 is 5.36. The number of nitrogens with zero attached hydrogens (tertiary/aromatic N) is 2. The van der Waals surface area contributed by atoms with Gasteiger partial charge in [-0.15, -0.1) is 0 Å². The topological polar surface area (TPSA) is 141 Å². The predicted molar refractivity (Wildman–Crippen MR) is 61.7 cm³/mol. The Bertz CT molecular complexity index is 581. The maximum absolute atomic E-state index is 10.8. The van der Waals surface area contributed by atoms with Crippen molar-refractivity contribution in [2.24, 2.45) is 0 Å². The molecular formula is C6H4ClKN2O7S. The molecule has 9 nitrogen and oxygen atoms in total. The molecule has 0 spiro atoms. The fraction of sp³-hybridized carbons (Fsp3) is 0. The van der Waals surface area contributed by atoms with E-state index in [2.05, 4.69) is 0 Å². The van der Waals surface area contributed by atoms with Crippen LogP contribution in [0, 0.1) is 20.2 Å². The molecule has 1 rings (SSSR count). The van der Waals surface area contributed by atoms with Crippen LogP contribution in [-0.4, -0.2) is 74.2 Å². The molecule has 0 aliphatic carbocycles. The van der Waals surface area contributed by atoms with Gasteiger partial charge < -0.3 is 0 Å². The molecule has 0 unspecified atom stereocenters. The Morgan fingerprint density at radius 2 is 1.44 bits per heavy atom. The van der Waals surface area contributed by atoms with Crippen LogP contribution in [-0.2, 0) is 10.1 Å². The van der Waals surface area contributed by atoms with Gasteiger partial charge >= 0.3 is 51.4 Å². The van der Waals surface area contributed by atoms with Crippen molar-refractivity contribution in [2.75, 3.05) is 0 Å². The van der Waals surface area contributed by atoms with E-state index in [4.69, 9.17) is 16.2 Å². The molecule has 1 aromatic rings. The standard InChI is InChI=1S/C6H3ClN2O7S.K.H/c7-6-4(8(10)11)1-3(17(14,15)16)2-5(6)9(12)13;;/h1-2H,(H,14,15,16);;. The van der Waals surface area contributed by atoms with Crippen LogP contribution < -0.4 is 0 Å². The van der Waals surface area contributed by atoms with E-state index in [1.54, 1.807) is 0 Å². The summed E-state index contributed by atoms with van der Waals surface area (Å²) in [7, 11) is -4.80. The minimum atomic E-state index is -4.80. The summed E-state index contributed by atoms with van der Waals surface area (Å²) in [5.41, 5.74) is -1.96. The van der Waals surface area contributed by atoms with Gasteiger partial charge in [0, 0.05) is 12.1 Å². The molecule has 94 valence electrons. The van der Waals surface area contributed by atoms with Crippen LogP contribution in [0.2, 0.25) is 5.02 Å². The quantitative estimate of drug-likeness (QED) is 0.374. The van der Waals surface area contributed by atoms with Gasteiger partial charge in [0.25, 0.3) is 21.5 Å². The zero-order valence-corrected chi connectivity index (χ0v) is 9.30. The molecule has 18 heavy (non-hydrogen) atoms. The van der Waals surface area contributed by atoms with E-state index in [1.165, 1.54) is 0 Å². The van der Waals surface area contributed by atoms with Crippen LogP contribution in [0.3, 0.4) is 0 Å². The van der Waals surface area contributed by atoms with E-state index in [0.29, 0.717) is 12.1 Å². The maximum atomic E-state index is 10.8. The van der Waals surface area contributed by atoms with Crippen molar-refractivity contribution in [1.29, 1.82) is 0 Å². The summed E-state index contributed by atoms with van der Waals surface area (Å²) in [6, 6.07) is 0.870. The van der Waals surface area contributed by atoms with Gasteiger partial charge in [-0.2, -0.15) is 8.42 Å². The molecule has 12 heteroatoms. The zero-order chi connectivity index (χ0) is 13.4. The average molecular weight is 323 g/mol. The van der Waals surface area contributed by atoms with E-state index < -0.39 is 41.3 Å². The Morgan fingerprint density at radius 1 is 1.11 bits per heavy atom. The molecule has 0 atom stereocenters. The van der Waals surface area contributed by atoms with Gasteiger partial charge in [-0.1, -0.05) is 11.6 Å². The first kappa shape index (κ1) is 17.9. The van der Waals surface area contributed by atoms with E-state index in [1.807, 2.05) is 0 Å². The molecule has 0 bridgehead atoms. The van der Waals surface area contributed by atoms with Gasteiger partial charge in [0.15, 0.2) is 5.02 Å². The van der Waals surface area contributed by atoms with Gasteiger partial charge in [0.2, 0.25) is 0 Å². The van der Waals surface area contributed by atoms with Crippen molar-refractivity contribution < 1.29 is 22.8 Å². The van der Waals surface area contributed by atoms with Crippen LogP contribution in [0.15, 0.2) is 17.0 Å². The molecular weight excluding hydrogens is 319 g/mol. The van der Waals surface area contributed by atoms with Crippen molar-refractivity contribution in [3.63, 3.8) is 0 Å². The fourth-order valence-corrected chi connectivity index (χ4v) is 1.75. The third kappa shape index (κ3) is 3.93. The summed E-state index contributed by atoms with van der Waals surface area (Å²) in [5.74, 6) is 0. The molecule has 0 saturated heterocycles. The third-order valence-electron chi connectivity index (χ3n) is 1.70. The Balaban J connectivity index is 0.00000289. The molecule has 0 aliphatic rings. The average Bonchev–Trinajstić information content (AvgIpc) is 2.14. The molecule has 0 saturated carbocycles. The first-order chi connectivity index (χ1) is 7.64. The number of benzene rings is 1. The summed E-state index contributed by atoms with van der Waals surface area (Å²) in [5, 5.41) is 20.2. The molecule has 1 N–H and O–H groups in total. The number of halogens is 1. The number of hydrogen-bond acceptors (Lipinski definition) is 6. The van der Waals surface area contributed by atoms with Crippen LogP contribution in [0.25, 0.3) is 0 Å². The Morgan fingerprint density at radius 3 is 1.67 bits per heavy atom. The van der Waals surface area contributed by atoms with Crippen LogP contribution in [0.5, 0.6) is 0 Å². The van der Waals surface area contributed by atoms with E-state index in [9.17, 15) is 28.6 Å². The summed E-state index contributed by atoms with van der Waals surface area (Å²) < 4.78 is 30.2. The zero-order valence-electron chi connectivity index (χ0n) is 7.73. The van der Waals surface area contributed by atoms with E-state index in [0.717, 1.165) is 0 Å². The molecule has 0 heterocycles. The number of rotatable bonds is 3. The SMILES string of the molecule is O=[N+]([O-])c1cc(S(=O)(=O)O)cc([N+](=O)[O-])c1Cl.[KH]. The Kier molecular flexibility index (Phi) is 6.29. The number of hydrogen-bond donors (Lipinski definition) is 1. The number of nitro groups is 2. The summed E-state index contributed by atoms with van der Waals surface area (Å²) in [6.07, 6.45) is 0. The van der Waals surface area contributed by atoms with Crippen LogP contribution in [0.1, 0.15) is 0 Å². The Hall–Kier alpha value is -0.144. The van der Waals surface area contributed by atoms with Crippen LogP contribution in [0.4, 0.5) is 11.4 Å². The van der Waals surface area contributed by atoms with E-state index in [-0.39, 0.29) is 51.4 Å². The monoisotopic (exact) mass is 322 g/mol. The minimum absolute atomic E-state index is 0. The second-order valence-corrected chi connectivity index (χ2v) is 4.56. The third-order valence-corrected chi connectivity index (χ3v) is 2.92. The van der Waals surface area contributed by atoms with Gasteiger partial charge in [-0.3, -0.25) is 24.8 Å². The van der Waals surface area contributed by atoms with Crippen molar-refractivity contribution in [3.05, 3.63) is 37.4 Å². The normalized spacial score (nSPS) is 10.6. The van der Waals surface area contributed by atoms with Crippen molar-refractivity contribution in [1.82, 2.24) is 0 Å². The summed E-state index contributed by atoms with van der Waals surface area (Å²) in [4.78, 5) is 17.8. The molecule has 0 aromatic heterocycles. The van der Waals surface area contributed by atoms with Gasteiger partial charge in [-0.25, -0.2) is 0 Å².